The molecule has 0 spiro atoms. The summed E-state index contributed by atoms with van der Waals surface area (Å²) in [5.41, 5.74) is 0.943. The summed E-state index contributed by atoms with van der Waals surface area (Å²) in [6, 6.07) is 9.27. The van der Waals surface area contributed by atoms with Crippen LogP contribution in [0.4, 0.5) is 0 Å². The maximum absolute atomic E-state index is 11.7. The molecule has 1 atom stereocenters. The van der Waals surface area contributed by atoms with E-state index in [0.29, 0.717) is 5.92 Å². The number of carboxylic acids is 1. The molecule has 100 valence electrons. The van der Waals surface area contributed by atoms with Crippen LogP contribution in [-0.4, -0.2) is 23.0 Å². The van der Waals surface area contributed by atoms with E-state index in [-0.39, 0.29) is 18.4 Å². The minimum Gasteiger partial charge on any atom is -0.481 e. The van der Waals surface area contributed by atoms with E-state index in [1.807, 2.05) is 30.3 Å². The molecule has 0 radical (unpaired) electrons. The highest BCUT2D eigenvalue weighted by atomic mass is 16.4. The van der Waals surface area contributed by atoms with Crippen molar-refractivity contribution in [3.8, 4) is 0 Å². The highest BCUT2D eigenvalue weighted by Gasteiger charge is 2.33. The van der Waals surface area contributed by atoms with Crippen LogP contribution in [0.2, 0.25) is 0 Å². The minimum absolute atomic E-state index is 0.00438. The van der Waals surface area contributed by atoms with Gasteiger partial charge < -0.3 is 10.4 Å². The molecule has 1 unspecified atom stereocenters. The van der Waals surface area contributed by atoms with E-state index in [0.717, 1.165) is 18.4 Å². The average molecular weight is 259 g/mol. The Morgan fingerprint density at radius 2 is 2.00 bits per heavy atom. The molecule has 4 nitrogen and oxygen atoms in total. The van der Waals surface area contributed by atoms with Crippen molar-refractivity contribution in [3.63, 3.8) is 0 Å². The smallest absolute Gasteiger partial charge is 0.305 e. The monoisotopic (exact) mass is 259 g/mol. The fourth-order valence-corrected chi connectivity index (χ4v) is 1.99. The van der Waals surface area contributed by atoms with Crippen molar-refractivity contribution in [3.05, 3.63) is 42.0 Å². The van der Waals surface area contributed by atoms with E-state index in [1.54, 1.807) is 6.08 Å². The summed E-state index contributed by atoms with van der Waals surface area (Å²) >= 11 is 0. The normalized spacial score (nSPS) is 16.2. The Morgan fingerprint density at radius 1 is 1.32 bits per heavy atom. The van der Waals surface area contributed by atoms with E-state index in [2.05, 4.69) is 5.32 Å². The van der Waals surface area contributed by atoms with Gasteiger partial charge in [-0.1, -0.05) is 30.3 Å². The van der Waals surface area contributed by atoms with Crippen molar-refractivity contribution in [2.75, 3.05) is 0 Å². The van der Waals surface area contributed by atoms with Gasteiger partial charge in [0.05, 0.1) is 6.42 Å². The van der Waals surface area contributed by atoms with Crippen LogP contribution >= 0.6 is 0 Å². The predicted molar refractivity (Wildman–Crippen MR) is 72.4 cm³/mol. The van der Waals surface area contributed by atoms with E-state index >= 15 is 0 Å². The molecule has 0 heterocycles. The Balaban J connectivity index is 1.89. The van der Waals surface area contributed by atoms with Gasteiger partial charge in [-0.2, -0.15) is 0 Å². The third-order valence-electron chi connectivity index (χ3n) is 3.14. The van der Waals surface area contributed by atoms with Gasteiger partial charge in [0.2, 0.25) is 5.91 Å². The number of aliphatic carboxylic acids is 1. The van der Waals surface area contributed by atoms with Gasteiger partial charge in [-0.25, -0.2) is 0 Å². The van der Waals surface area contributed by atoms with E-state index < -0.39 is 5.97 Å². The van der Waals surface area contributed by atoms with Gasteiger partial charge in [-0.05, 0) is 30.4 Å². The fourth-order valence-electron chi connectivity index (χ4n) is 1.99. The van der Waals surface area contributed by atoms with E-state index in [1.165, 1.54) is 6.08 Å². The molecule has 4 heteroatoms. The first kappa shape index (κ1) is 13.3. The molecule has 0 bridgehead atoms. The van der Waals surface area contributed by atoms with Gasteiger partial charge in [-0.15, -0.1) is 0 Å². The van der Waals surface area contributed by atoms with Gasteiger partial charge in [0.25, 0.3) is 0 Å². The summed E-state index contributed by atoms with van der Waals surface area (Å²) in [6.45, 7) is 0. The number of nitrogens with one attached hydrogen (secondary N) is 1. The lowest BCUT2D eigenvalue weighted by atomic mass is 10.1. The Kier molecular flexibility index (Phi) is 4.34. The summed E-state index contributed by atoms with van der Waals surface area (Å²) in [5, 5.41) is 11.6. The second-order valence-corrected chi connectivity index (χ2v) is 4.79. The Labute approximate surface area is 112 Å². The molecular formula is C15H17NO3. The third kappa shape index (κ3) is 4.58. The van der Waals surface area contributed by atoms with Crippen molar-refractivity contribution in [2.45, 2.75) is 25.3 Å². The molecule has 0 aromatic heterocycles. The van der Waals surface area contributed by atoms with E-state index in [4.69, 9.17) is 5.11 Å². The fraction of sp³-hybridized carbons (Fsp3) is 0.333. The molecule has 19 heavy (non-hydrogen) atoms. The number of carboxylic acid groups (broad SMARTS) is 1. The minimum atomic E-state index is -0.871. The van der Waals surface area contributed by atoms with Crippen LogP contribution in [-0.2, 0) is 9.59 Å². The quantitative estimate of drug-likeness (QED) is 0.768. The molecule has 1 fully saturated rings. The highest BCUT2D eigenvalue weighted by molar-refractivity contribution is 5.92. The topological polar surface area (TPSA) is 66.4 Å². The first-order valence-corrected chi connectivity index (χ1v) is 6.40. The Bertz CT molecular complexity index is 477. The highest BCUT2D eigenvalue weighted by Crippen LogP contribution is 2.34. The number of rotatable bonds is 6. The van der Waals surface area contributed by atoms with Gasteiger partial charge in [0.15, 0.2) is 0 Å². The molecule has 1 aliphatic rings. The SMILES string of the molecule is O=C(O)CC(NC(=O)/C=C/c1ccccc1)C1CC1. The molecule has 0 aliphatic heterocycles. The number of hydrogen-bond acceptors (Lipinski definition) is 2. The van der Waals surface area contributed by atoms with Crippen molar-refractivity contribution in [1.82, 2.24) is 5.32 Å². The molecule has 1 aliphatic carbocycles. The maximum Gasteiger partial charge on any atom is 0.305 e. The van der Waals surface area contributed by atoms with Crippen LogP contribution in [0.1, 0.15) is 24.8 Å². The van der Waals surface area contributed by atoms with Crippen molar-refractivity contribution in [2.24, 2.45) is 5.92 Å². The lowest BCUT2D eigenvalue weighted by Crippen LogP contribution is -2.37. The standard InChI is InChI=1S/C15H17NO3/c17-14(9-6-11-4-2-1-3-5-11)16-13(10-15(18)19)12-7-8-12/h1-6,9,12-13H,7-8,10H2,(H,16,17)(H,18,19)/b9-6+. The zero-order chi connectivity index (χ0) is 13.7. The van der Waals surface area contributed by atoms with Gasteiger partial charge in [0.1, 0.15) is 0 Å². The van der Waals surface area contributed by atoms with Crippen LogP contribution in [0, 0.1) is 5.92 Å². The third-order valence-corrected chi connectivity index (χ3v) is 3.14. The van der Waals surface area contributed by atoms with Crippen LogP contribution in [0.3, 0.4) is 0 Å². The van der Waals surface area contributed by atoms with Gasteiger partial charge in [0, 0.05) is 12.1 Å². The number of benzene rings is 1. The maximum atomic E-state index is 11.7. The first-order valence-electron chi connectivity index (χ1n) is 6.40. The summed E-state index contributed by atoms with van der Waals surface area (Å²) in [5.74, 6) is -0.781. The zero-order valence-electron chi connectivity index (χ0n) is 10.6. The van der Waals surface area contributed by atoms with Crippen LogP contribution in [0.5, 0.6) is 0 Å². The van der Waals surface area contributed by atoms with Gasteiger partial charge >= 0.3 is 5.97 Å². The van der Waals surface area contributed by atoms with Crippen molar-refractivity contribution >= 4 is 18.0 Å². The lowest BCUT2D eigenvalue weighted by molar-refractivity contribution is -0.137. The van der Waals surface area contributed by atoms with Crippen LogP contribution in [0.15, 0.2) is 36.4 Å². The number of carbonyl (C=O) groups is 2. The molecule has 0 saturated heterocycles. The number of amides is 1. The number of hydrogen-bond donors (Lipinski definition) is 2. The van der Waals surface area contributed by atoms with Crippen LogP contribution in [0.25, 0.3) is 6.08 Å². The molecule has 1 aromatic rings. The second kappa shape index (κ2) is 6.18. The van der Waals surface area contributed by atoms with Crippen LogP contribution < -0.4 is 5.32 Å². The number of carbonyl (C=O) groups excluding carboxylic acids is 1. The Hall–Kier alpha value is -2.10. The molecule has 1 aromatic carbocycles. The van der Waals surface area contributed by atoms with Crippen molar-refractivity contribution in [1.29, 1.82) is 0 Å². The largest absolute Gasteiger partial charge is 0.481 e. The molecular weight excluding hydrogens is 242 g/mol. The second-order valence-electron chi connectivity index (χ2n) is 4.79. The average Bonchev–Trinajstić information content (AvgIpc) is 3.20. The van der Waals surface area contributed by atoms with Crippen molar-refractivity contribution < 1.29 is 14.7 Å². The molecule has 1 saturated carbocycles. The lowest BCUT2D eigenvalue weighted by Gasteiger charge is -2.14. The molecule has 1 amide bonds. The Morgan fingerprint density at radius 3 is 2.58 bits per heavy atom. The summed E-state index contributed by atoms with van der Waals surface area (Å²) in [6.07, 6.45) is 5.17. The van der Waals surface area contributed by atoms with Gasteiger partial charge in [-0.3, -0.25) is 9.59 Å². The molecule has 2 N–H and O–H groups in total. The zero-order valence-corrected chi connectivity index (χ0v) is 10.6. The molecule has 2 rings (SSSR count). The first-order chi connectivity index (χ1) is 9.15. The summed E-state index contributed by atoms with van der Waals surface area (Å²) in [4.78, 5) is 22.5. The predicted octanol–water partition coefficient (Wildman–Crippen LogP) is 2.07. The summed E-state index contributed by atoms with van der Waals surface area (Å²) in [7, 11) is 0. The van der Waals surface area contributed by atoms with E-state index in [9.17, 15) is 9.59 Å². The summed E-state index contributed by atoms with van der Waals surface area (Å²) < 4.78 is 0.